The SMILES string of the molecule is CCOc1ccc(C(=O)N2C3CCC2CC(OC)C3)cc1. The van der Waals surface area contributed by atoms with Gasteiger partial charge in [-0.3, -0.25) is 4.79 Å². The predicted octanol–water partition coefficient (Wildman–Crippen LogP) is 2.87. The summed E-state index contributed by atoms with van der Waals surface area (Å²) in [5, 5.41) is 0. The van der Waals surface area contributed by atoms with E-state index < -0.39 is 0 Å². The van der Waals surface area contributed by atoms with E-state index in [1.165, 1.54) is 0 Å². The lowest BCUT2D eigenvalue weighted by Gasteiger charge is -2.38. The number of carbonyl (C=O) groups is 1. The van der Waals surface area contributed by atoms with E-state index in [0.717, 1.165) is 37.0 Å². The standard InChI is InChI=1S/C17H23NO3/c1-3-21-15-8-4-12(5-9-15)17(19)18-13-6-7-14(18)11-16(10-13)20-2/h4-5,8-9,13-14,16H,3,6-7,10-11H2,1-2H3. The van der Waals surface area contributed by atoms with Crippen LogP contribution in [0.3, 0.4) is 0 Å². The molecule has 2 unspecified atom stereocenters. The zero-order chi connectivity index (χ0) is 14.8. The summed E-state index contributed by atoms with van der Waals surface area (Å²) in [6.07, 6.45) is 4.46. The van der Waals surface area contributed by atoms with Gasteiger partial charge in [0.1, 0.15) is 5.75 Å². The Bertz CT molecular complexity index is 485. The van der Waals surface area contributed by atoms with Crippen molar-refractivity contribution in [3.05, 3.63) is 29.8 Å². The van der Waals surface area contributed by atoms with Crippen LogP contribution >= 0.6 is 0 Å². The Morgan fingerprint density at radius 2 is 1.81 bits per heavy atom. The van der Waals surface area contributed by atoms with Crippen LogP contribution in [0.5, 0.6) is 5.75 Å². The van der Waals surface area contributed by atoms with Gasteiger partial charge >= 0.3 is 0 Å². The fraction of sp³-hybridized carbons (Fsp3) is 0.588. The highest BCUT2D eigenvalue weighted by atomic mass is 16.5. The number of nitrogens with zero attached hydrogens (tertiary/aromatic N) is 1. The largest absolute Gasteiger partial charge is 0.494 e. The lowest BCUT2D eigenvalue weighted by molar-refractivity contribution is 0.00822. The molecule has 2 aliphatic rings. The second kappa shape index (κ2) is 6.06. The highest BCUT2D eigenvalue weighted by Crippen LogP contribution is 2.37. The molecule has 2 bridgehead atoms. The average molecular weight is 289 g/mol. The molecule has 2 fully saturated rings. The summed E-state index contributed by atoms with van der Waals surface area (Å²) < 4.78 is 10.9. The summed E-state index contributed by atoms with van der Waals surface area (Å²) in [7, 11) is 1.77. The molecule has 2 heterocycles. The van der Waals surface area contributed by atoms with Crippen molar-refractivity contribution in [2.24, 2.45) is 0 Å². The zero-order valence-corrected chi connectivity index (χ0v) is 12.7. The van der Waals surface area contributed by atoms with Crippen LogP contribution in [0.4, 0.5) is 0 Å². The molecule has 21 heavy (non-hydrogen) atoms. The first-order chi connectivity index (χ1) is 10.2. The summed E-state index contributed by atoms with van der Waals surface area (Å²) in [5.41, 5.74) is 0.756. The number of carbonyl (C=O) groups excluding carboxylic acids is 1. The molecule has 0 aromatic heterocycles. The van der Waals surface area contributed by atoms with Gasteiger partial charge in [-0.1, -0.05) is 0 Å². The smallest absolute Gasteiger partial charge is 0.254 e. The van der Waals surface area contributed by atoms with E-state index >= 15 is 0 Å². The number of piperidine rings is 1. The fourth-order valence-electron chi connectivity index (χ4n) is 3.66. The monoisotopic (exact) mass is 289 g/mol. The molecule has 1 amide bonds. The highest BCUT2D eigenvalue weighted by molar-refractivity contribution is 5.95. The quantitative estimate of drug-likeness (QED) is 0.855. The number of benzene rings is 1. The van der Waals surface area contributed by atoms with Gasteiger partial charge in [-0.25, -0.2) is 0 Å². The number of hydrogen-bond donors (Lipinski definition) is 0. The molecule has 0 saturated carbocycles. The summed E-state index contributed by atoms with van der Waals surface area (Å²) in [6.45, 7) is 2.60. The lowest BCUT2D eigenvalue weighted by atomic mass is 9.98. The Balaban J connectivity index is 1.73. The van der Waals surface area contributed by atoms with Gasteiger partial charge < -0.3 is 14.4 Å². The van der Waals surface area contributed by atoms with Crippen LogP contribution in [0.1, 0.15) is 43.0 Å². The topological polar surface area (TPSA) is 38.8 Å². The van der Waals surface area contributed by atoms with Crippen molar-refractivity contribution in [3.63, 3.8) is 0 Å². The van der Waals surface area contributed by atoms with Crippen LogP contribution < -0.4 is 4.74 Å². The average Bonchev–Trinajstić information content (AvgIpc) is 2.77. The first-order valence-electron chi connectivity index (χ1n) is 7.81. The van der Waals surface area contributed by atoms with Crippen LogP contribution in [0.2, 0.25) is 0 Å². The third-order valence-corrected chi connectivity index (χ3v) is 4.67. The Hall–Kier alpha value is -1.55. The minimum Gasteiger partial charge on any atom is -0.494 e. The zero-order valence-electron chi connectivity index (χ0n) is 12.7. The molecule has 0 spiro atoms. The summed E-state index contributed by atoms with van der Waals surface area (Å²) >= 11 is 0. The van der Waals surface area contributed by atoms with Gasteiger partial charge in [-0.15, -0.1) is 0 Å². The van der Waals surface area contributed by atoms with Gasteiger partial charge in [0.2, 0.25) is 0 Å². The summed E-state index contributed by atoms with van der Waals surface area (Å²) in [4.78, 5) is 14.9. The predicted molar refractivity (Wildman–Crippen MR) is 80.6 cm³/mol. The van der Waals surface area contributed by atoms with Crippen molar-refractivity contribution >= 4 is 5.91 Å². The van der Waals surface area contributed by atoms with Crippen LogP contribution in [0.15, 0.2) is 24.3 Å². The highest BCUT2D eigenvalue weighted by Gasteiger charge is 2.43. The van der Waals surface area contributed by atoms with E-state index in [0.29, 0.717) is 24.8 Å². The van der Waals surface area contributed by atoms with E-state index in [4.69, 9.17) is 9.47 Å². The van der Waals surface area contributed by atoms with Crippen LogP contribution in [0.25, 0.3) is 0 Å². The lowest BCUT2D eigenvalue weighted by Crippen LogP contribution is -2.48. The maximum atomic E-state index is 12.8. The minimum atomic E-state index is 0.153. The molecule has 2 aliphatic heterocycles. The van der Waals surface area contributed by atoms with E-state index in [9.17, 15) is 4.79 Å². The molecular formula is C17H23NO3. The molecule has 0 radical (unpaired) electrons. The maximum Gasteiger partial charge on any atom is 0.254 e. The van der Waals surface area contributed by atoms with Crippen LogP contribution in [-0.4, -0.2) is 42.7 Å². The van der Waals surface area contributed by atoms with Crippen LogP contribution in [0, 0.1) is 0 Å². The molecule has 2 saturated heterocycles. The van der Waals surface area contributed by atoms with Gasteiger partial charge in [-0.05, 0) is 56.9 Å². The van der Waals surface area contributed by atoms with Crippen molar-refractivity contribution in [2.45, 2.75) is 50.8 Å². The van der Waals surface area contributed by atoms with E-state index in [2.05, 4.69) is 4.90 Å². The number of hydrogen-bond acceptors (Lipinski definition) is 3. The van der Waals surface area contributed by atoms with Crippen molar-refractivity contribution in [2.75, 3.05) is 13.7 Å². The van der Waals surface area contributed by atoms with Gasteiger partial charge in [0.25, 0.3) is 5.91 Å². The third kappa shape index (κ3) is 2.77. The molecule has 114 valence electrons. The van der Waals surface area contributed by atoms with Gasteiger partial charge in [-0.2, -0.15) is 0 Å². The first-order valence-corrected chi connectivity index (χ1v) is 7.81. The van der Waals surface area contributed by atoms with Crippen molar-refractivity contribution in [1.29, 1.82) is 0 Å². The molecule has 2 atom stereocenters. The van der Waals surface area contributed by atoms with Crippen molar-refractivity contribution in [3.8, 4) is 5.75 Å². The molecule has 1 aromatic carbocycles. The van der Waals surface area contributed by atoms with E-state index in [-0.39, 0.29) is 5.91 Å². The molecule has 0 aliphatic carbocycles. The maximum absolute atomic E-state index is 12.8. The number of methoxy groups -OCH3 is 1. The second-order valence-electron chi connectivity index (χ2n) is 5.88. The molecule has 4 nitrogen and oxygen atoms in total. The number of fused-ring (bicyclic) bond motifs is 2. The Kier molecular flexibility index (Phi) is 4.15. The molecular weight excluding hydrogens is 266 g/mol. The molecule has 1 aromatic rings. The first kappa shape index (κ1) is 14.4. The molecule has 4 heteroatoms. The van der Waals surface area contributed by atoms with E-state index in [1.807, 2.05) is 31.2 Å². The normalized spacial score (nSPS) is 27.7. The third-order valence-electron chi connectivity index (χ3n) is 4.67. The Morgan fingerprint density at radius 1 is 1.19 bits per heavy atom. The van der Waals surface area contributed by atoms with Crippen LogP contribution in [-0.2, 0) is 4.74 Å². The fourth-order valence-corrected chi connectivity index (χ4v) is 3.66. The Labute approximate surface area is 126 Å². The summed E-state index contributed by atoms with van der Waals surface area (Å²) in [5.74, 6) is 0.968. The van der Waals surface area contributed by atoms with Gasteiger partial charge in [0.15, 0.2) is 0 Å². The van der Waals surface area contributed by atoms with E-state index in [1.54, 1.807) is 7.11 Å². The van der Waals surface area contributed by atoms with Gasteiger partial charge in [0.05, 0.1) is 12.7 Å². The summed E-state index contributed by atoms with van der Waals surface area (Å²) in [6, 6.07) is 8.17. The number of ether oxygens (including phenoxy) is 2. The Morgan fingerprint density at radius 3 is 2.33 bits per heavy atom. The second-order valence-corrected chi connectivity index (χ2v) is 5.88. The molecule has 0 N–H and O–H groups in total. The minimum absolute atomic E-state index is 0.153. The number of rotatable bonds is 4. The van der Waals surface area contributed by atoms with Crippen molar-refractivity contribution in [1.82, 2.24) is 4.90 Å². The van der Waals surface area contributed by atoms with Crippen molar-refractivity contribution < 1.29 is 14.3 Å². The number of amides is 1. The molecule has 3 rings (SSSR count). The van der Waals surface area contributed by atoms with Gasteiger partial charge in [0, 0.05) is 24.8 Å².